The first-order valence-electron chi connectivity index (χ1n) is 10.1. The van der Waals surface area contributed by atoms with Gasteiger partial charge < -0.3 is 9.84 Å². The molecule has 1 aliphatic heterocycles. The highest BCUT2D eigenvalue weighted by Crippen LogP contribution is 2.76. The maximum Gasteiger partial charge on any atom is 0.179 e. The zero-order valence-electron chi connectivity index (χ0n) is 16.1. The lowest BCUT2D eigenvalue weighted by molar-refractivity contribution is -0.160. The molecule has 3 saturated carbocycles. The van der Waals surface area contributed by atoms with Gasteiger partial charge in [0.1, 0.15) is 11.2 Å². The molecular formula is C22H27ClO4. The number of alkyl halides is 1. The van der Waals surface area contributed by atoms with E-state index in [0.717, 1.165) is 19.3 Å². The number of carbonyl (C=O) groups is 2. The van der Waals surface area contributed by atoms with E-state index in [1.54, 1.807) is 12.2 Å². The van der Waals surface area contributed by atoms with Gasteiger partial charge in [0.25, 0.3) is 0 Å². The summed E-state index contributed by atoms with van der Waals surface area (Å²) < 4.78 is 6.46. The molecule has 1 saturated heterocycles. The summed E-state index contributed by atoms with van der Waals surface area (Å²) >= 11 is 5.90. The minimum absolute atomic E-state index is 0.00949. The first-order chi connectivity index (χ1) is 12.6. The van der Waals surface area contributed by atoms with Gasteiger partial charge in [-0.3, -0.25) is 9.59 Å². The van der Waals surface area contributed by atoms with E-state index < -0.39 is 11.0 Å². The Balaban J connectivity index is 1.60. The molecule has 0 amide bonds. The Bertz CT molecular complexity index is 817. The first kappa shape index (κ1) is 18.1. The summed E-state index contributed by atoms with van der Waals surface area (Å²) in [6.07, 6.45) is 8.83. The number of ether oxygens (including phenoxy) is 1. The average Bonchev–Trinajstić information content (AvgIpc) is 3.31. The van der Waals surface area contributed by atoms with Gasteiger partial charge in [-0.25, -0.2) is 0 Å². The molecule has 5 heteroatoms. The van der Waals surface area contributed by atoms with Crippen LogP contribution in [0.4, 0.5) is 0 Å². The predicted molar refractivity (Wildman–Crippen MR) is 101 cm³/mol. The van der Waals surface area contributed by atoms with Gasteiger partial charge in [0, 0.05) is 10.8 Å². The lowest BCUT2D eigenvalue weighted by Gasteiger charge is -2.55. The number of fused-ring (bicyclic) bond motifs is 3. The van der Waals surface area contributed by atoms with E-state index in [1.807, 2.05) is 13.0 Å². The summed E-state index contributed by atoms with van der Waals surface area (Å²) in [5.74, 6) is 0.0439. The van der Waals surface area contributed by atoms with Gasteiger partial charge in [0.2, 0.25) is 0 Å². The summed E-state index contributed by atoms with van der Waals surface area (Å²) in [4.78, 5) is 24.7. The Morgan fingerprint density at radius 3 is 2.81 bits per heavy atom. The van der Waals surface area contributed by atoms with Gasteiger partial charge in [0.15, 0.2) is 11.6 Å². The van der Waals surface area contributed by atoms with Crippen molar-refractivity contribution in [2.45, 2.75) is 63.8 Å². The number of hydrogen-bond acceptors (Lipinski definition) is 4. The van der Waals surface area contributed by atoms with Gasteiger partial charge in [-0.1, -0.05) is 25.5 Å². The van der Waals surface area contributed by atoms with E-state index in [1.165, 1.54) is 5.57 Å². The van der Waals surface area contributed by atoms with Crippen LogP contribution in [-0.4, -0.2) is 39.9 Å². The maximum absolute atomic E-state index is 12.7. The SMILES string of the molecule is C[C@H]1C[C@H]2[C@@H]3CCC4=CC(=O)C=C[C@]4(C)[C@@]34O[C@H]4C[C@]2(C)[C@@]1(O)C(=O)CCl. The highest BCUT2D eigenvalue weighted by atomic mass is 35.5. The summed E-state index contributed by atoms with van der Waals surface area (Å²) in [7, 11) is 0. The van der Waals surface area contributed by atoms with Crippen molar-refractivity contribution >= 4 is 23.2 Å². The van der Waals surface area contributed by atoms with Crippen LogP contribution in [0.3, 0.4) is 0 Å². The van der Waals surface area contributed by atoms with Crippen molar-refractivity contribution in [3.63, 3.8) is 0 Å². The van der Waals surface area contributed by atoms with Crippen LogP contribution < -0.4 is 0 Å². The second-order valence-corrected chi connectivity index (χ2v) is 10.1. The van der Waals surface area contributed by atoms with Crippen LogP contribution in [0.5, 0.6) is 0 Å². The monoisotopic (exact) mass is 390 g/mol. The van der Waals surface area contributed by atoms with Crippen molar-refractivity contribution < 1.29 is 19.4 Å². The molecule has 0 aromatic heterocycles. The lowest BCUT2D eigenvalue weighted by Crippen LogP contribution is -2.62. The van der Waals surface area contributed by atoms with Crippen LogP contribution in [-0.2, 0) is 14.3 Å². The number of epoxide rings is 1. The molecule has 1 N–H and O–H groups in total. The molecule has 1 heterocycles. The number of allylic oxidation sites excluding steroid dienone is 2. The Morgan fingerprint density at radius 1 is 1.37 bits per heavy atom. The fourth-order valence-corrected chi connectivity index (χ4v) is 7.88. The minimum atomic E-state index is -1.38. The van der Waals surface area contributed by atoms with Crippen molar-refractivity contribution in [3.8, 4) is 0 Å². The summed E-state index contributed by atoms with van der Waals surface area (Å²) in [6, 6.07) is 0. The van der Waals surface area contributed by atoms with Crippen molar-refractivity contribution in [2.75, 3.05) is 5.88 Å². The summed E-state index contributed by atoms with van der Waals surface area (Å²) in [5.41, 5.74) is -1.29. The van der Waals surface area contributed by atoms with Crippen LogP contribution >= 0.6 is 11.6 Å². The molecule has 0 radical (unpaired) electrons. The lowest BCUT2D eigenvalue weighted by atomic mass is 9.47. The van der Waals surface area contributed by atoms with Crippen molar-refractivity contribution in [1.29, 1.82) is 0 Å². The number of halogens is 1. The molecule has 0 unspecified atom stereocenters. The highest BCUT2D eigenvalue weighted by Gasteiger charge is 2.81. The number of aliphatic hydroxyl groups is 1. The van der Waals surface area contributed by atoms with E-state index in [4.69, 9.17) is 16.3 Å². The largest absolute Gasteiger partial charge is 0.381 e. The van der Waals surface area contributed by atoms with E-state index in [9.17, 15) is 14.7 Å². The van der Waals surface area contributed by atoms with Gasteiger partial charge in [-0.2, -0.15) is 0 Å². The molecular weight excluding hydrogens is 364 g/mol. The number of rotatable bonds is 2. The molecule has 0 aromatic carbocycles. The summed E-state index contributed by atoms with van der Waals surface area (Å²) in [6.45, 7) is 6.26. The first-order valence-corrected chi connectivity index (χ1v) is 10.6. The number of ketones is 2. The summed E-state index contributed by atoms with van der Waals surface area (Å²) in [5, 5.41) is 11.6. The fraction of sp³-hybridized carbons (Fsp3) is 0.727. The quantitative estimate of drug-likeness (QED) is 0.580. The molecule has 4 fully saturated rings. The Labute approximate surface area is 165 Å². The topological polar surface area (TPSA) is 66.9 Å². The van der Waals surface area contributed by atoms with Gasteiger partial charge in [-0.15, -0.1) is 11.6 Å². The minimum Gasteiger partial charge on any atom is -0.381 e. The van der Waals surface area contributed by atoms with E-state index >= 15 is 0 Å². The zero-order chi connectivity index (χ0) is 19.4. The smallest absolute Gasteiger partial charge is 0.179 e. The molecule has 1 spiro atoms. The van der Waals surface area contributed by atoms with E-state index in [0.29, 0.717) is 6.42 Å². The number of carbonyl (C=O) groups excluding carboxylic acids is 2. The Morgan fingerprint density at radius 2 is 2.11 bits per heavy atom. The average molecular weight is 391 g/mol. The second-order valence-electron chi connectivity index (χ2n) is 9.84. The maximum atomic E-state index is 12.7. The Kier molecular flexibility index (Phi) is 3.44. The van der Waals surface area contributed by atoms with Gasteiger partial charge in [0.05, 0.1) is 12.0 Å². The molecule has 4 nitrogen and oxygen atoms in total. The van der Waals surface area contributed by atoms with Crippen molar-refractivity contribution in [3.05, 3.63) is 23.8 Å². The molecule has 0 aromatic rings. The number of Topliss-reactive ketones (excluding diaryl/α,β-unsaturated/α-hetero) is 1. The van der Waals surface area contributed by atoms with Gasteiger partial charge in [-0.05, 0) is 62.5 Å². The van der Waals surface area contributed by atoms with E-state index in [-0.39, 0.29) is 52.3 Å². The molecule has 27 heavy (non-hydrogen) atoms. The van der Waals surface area contributed by atoms with Crippen LogP contribution in [0.15, 0.2) is 23.8 Å². The Hall–Kier alpha value is -0.970. The normalized spacial score (nSPS) is 55.1. The highest BCUT2D eigenvalue weighted by molar-refractivity contribution is 6.29. The van der Waals surface area contributed by atoms with Crippen molar-refractivity contribution in [1.82, 2.24) is 0 Å². The number of hydrogen-bond donors (Lipinski definition) is 1. The third kappa shape index (κ3) is 1.79. The molecule has 8 atom stereocenters. The fourth-order valence-electron chi connectivity index (χ4n) is 7.68. The third-order valence-electron chi connectivity index (χ3n) is 9.06. The molecule has 146 valence electrons. The van der Waals surface area contributed by atoms with Crippen LogP contribution in [0, 0.1) is 28.6 Å². The van der Waals surface area contributed by atoms with Crippen molar-refractivity contribution in [2.24, 2.45) is 28.6 Å². The van der Waals surface area contributed by atoms with Gasteiger partial charge >= 0.3 is 0 Å². The molecule has 5 rings (SSSR count). The molecule has 5 aliphatic rings. The standard InChI is InChI=1S/C22H27ClO4/c1-12-8-16-15-5-4-13-9-14(24)6-7-19(13,2)22(15)18(27-22)10-20(16,3)21(12,26)17(25)11-23/h6-7,9,12,15-16,18,26H,4-5,8,10-11H2,1-3H3/t12-,15-,16-,18-,19-,20-,21-,22+/m0/s1. The second kappa shape index (κ2) is 5.14. The van der Waals surface area contributed by atoms with Crippen LogP contribution in [0.1, 0.15) is 46.5 Å². The predicted octanol–water partition coefficient (Wildman–Crippen LogP) is 3.21. The zero-order valence-corrected chi connectivity index (χ0v) is 16.9. The van der Waals surface area contributed by atoms with E-state index in [2.05, 4.69) is 13.8 Å². The van der Waals surface area contributed by atoms with Crippen LogP contribution in [0.25, 0.3) is 0 Å². The molecule has 0 bridgehead atoms. The molecule has 4 aliphatic carbocycles. The van der Waals surface area contributed by atoms with Crippen LogP contribution in [0.2, 0.25) is 0 Å². The third-order valence-corrected chi connectivity index (χ3v) is 9.30.